The van der Waals surface area contributed by atoms with E-state index in [1.807, 2.05) is 20.8 Å². The molecule has 1 rings (SSSR count). The van der Waals surface area contributed by atoms with E-state index in [1.165, 1.54) is 0 Å². The summed E-state index contributed by atoms with van der Waals surface area (Å²) in [6.07, 6.45) is 1.93. The van der Waals surface area contributed by atoms with Gasteiger partial charge in [-0.1, -0.05) is 17.7 Å². The van der Waals surface area contributed by atoms with Gasteiger partial charge in [-0.15, -0.1) is 0 Å². The van der Waals surface area contributed by atoms with Gasteiger partial charge in [0.05, 0.1) is 4.90 Å². The van der Waals surface area contributed by atoms with Crippen molar-refractivity contribution < 1.29 is 13.2 Å². The molecule has 0 aliphatic rings. The summed E-state index contributed by atoms with van der Waals surface area (Å²) < 4.78 is 32.3. The maximum absolute atomic E-state index is 12.2. The van der Waals surface area contributed by atoms with Crippen LogP contribution in [0.1, 0.15) is 32.3 Å². The zero-order chi connectivity index (χ0) is 19.3. The first-order valence-corrected chi connectivity index (χ1v) is 10.6. The number of rotatable bonds is 12. The average molecular weight is 385 g/mol. The standard InChI is InChI=1S/C18H32N4O3S/c1-4-19-18(20-12-6-7-15-25-5-2)21-13-14-22-26(23,24)17-10-8-16(3)9-11-17/h8-11,22H,4-7,12-15H2,1-3H3,(H2,19,20,21). The molecule has 8 heteroatoms. The predicted molar refractivity (Wildman–Crippen MR) is 106 cm³/mol. The van der Waals surface area contributed by atoms with Crippen molar-refractivity contribution in [3.8, 4) is 0 Å². The number of aliphatic imine (C=N–C) groups is 1. The van der Waals surface area contributed by atoms with E-state index in [2.05, 4.69) is 20.3 Å². The van der Waals surface area contributed by atoms with Gasteiger partial charge in [0.1, 0.15) is 0 Å². The zero-order valence-electron chi connectivity index (χ0n) is 16.0. The minimum Gasteiger partial charge on any atom is -0.382 e. The fraction of sp³-hybridized carbons (Fsp3) is 0.611. The molecule has 0 radical (unpaired) electrons. The topological polar surface area (TPSA) is 91.8 Å². The van der Waals surface area contributed by atoms with Gasteiger partial charge in [0.2, 0.25) is 10.0 Å². The number of guanidine groups is 1. The molecule has 7 nitrogen and oxygen atoms in total. The van der Waals surface area contributed by atoms with E-state index in [0.29, 0.717) is 19.0 Å². The molecule has 0 atom stereocenters. The second kappa shape index (κ2) is 12.7. The highest BCUT2D eigenvalue weighted by Gasteiger charge is 2.12. The summed E-state index contributed by atoms with van der Waals surface area (Å²) in [6.45, 7) is 9.60. The van der Waals surface area contributed by atoms with Crippen molar-refractivity contribution in [2.24, 2.45) is 4.99 Å². The molecular weight excluding hydrogens is 352 g/mol. The van der Waals surface area contributed by atoms with Gasteiger partial charge in [0.15, 0.2) is 5.96 Å². The van der Waals surface area contributed by atoms with Gasteiger partial charge in [-0.25, -0.2) is 13.1 Å². The maximum atomic E-state index is 12.2. The Morgan fingerprint density at radius 3 is 2.46 bits per heavy atom. The largest absolute Gasteiger partial charge is 0.382 e. The third-order valence-electron chi connectivity index (χ3n) is 3.56. The highest BCUT2D eigenvalue weighted by molar-refractivity contribution is 7.89. The van der Waals surface area contributed by atoms with Crippen LogP contribution in [-0.2, 0) is 14.8 Å². The first kappa shape index (κ1) is 22.4. The SMILES string of the molecule is CCNC(=NCCCCOCC)NCCNS(=O)(=O)c1ccc(C)cc1. The second-order valence-corrected chi connectivity index (χ2v) is 7.57. The molecule has 0 spiro atoms. The van der Waals surface area contributed by atoms with Crippen LogP contribution in [0.2, 0.25) is 0 Å². The third kappa shape index (κ3) is 9.17. The van der Waals surface area contributed by atoms with E-state index in [9.17, 15) is 8.42 Å². The molecule has 26 heavy (non-hydrogen) atoms. The lowest BCUT2D eigenvalue weighted by atomic mass is 10.2. The Labute approximate surface area is 157 Å². The van der Waals surface area contributed by atoms with Crippen LogP contribution in [0.15, 0.2) is 34.2 Å². The lowest BCUT2D eigenvalue weighted by Gasteiger charge is -2.12. The zero-order valence-corrected chi connectivity index (χ0v) is 16.9. The van der Waals surface area contributed by atoms with Crippen LogP contribution in [0.3, 0.4) is 0 Å². The van der Waals surface area contributed by atoms with Crippen LogP contribution in [0.4, 0.5) is 0 Å². The van der Waals surface area contributed by atoms with Crippen molar-refractivity contribution in [3.05, 3.63) is 29.8 Å². The molecular formula is C18H32N4O3S. The highest BCUT2D eigenvalue weighted by Crippen LogP contribution is 2.09. The Morgan fingerprint density at radius 1 is 1.08 bits per heavy atom. The van der Waals surface area contributed by atoms with Gasteiger partial charge in [-0.2, -0.15) is 0 Å². The van der Waals surface area contributed by atoms with Gasteiger partial charge in [0, 0.05) is 39.4 Å². The van der Waals surface area contributed by atoms with Crippen molar-refractivity contribution in [3.63, 3.8) is 0 Å². The van der Waals surface area contributed by atoms with Crippen LogP contribution < -0.4 is 15.4 Å². The quantitative estimate of drug-likeness (QED) is 0.289. The van der Waals surface area contributed by atoms with Crippen LogP contribution in [0.25, 0.3) is 0 Å². The minimum absolute atomic E-state index is 0.276. The summed E-state index contributed by atoms with van der Waals surface area (Å²) >= 11 is 0. The summed E-state index contributed by atoms with van der Waals surface area (Å²) in [4.78, 5) is 4.75. The lowest BCUT2D eigenvalue weighted by Crippen LogP contribution is -2.41. The molecule has 3 N–H and O–H groups in total. The smallest absolute Gasteiger partial charge is 0.240 e. The van der Waals surface area contributed by atoms with E-state index in [0.717, 1.165) is 38.2 Å². The molecule has 0 aliphatic heterocycles. The van der Waals surface area contributed by atoms with E-state index < -0.39 is 10.0 Å². The monoisotopic (exact) mass is 384 g/mol. The molecule has 0 unspecified atom stereocenters. The van der Waals surface area contributed by atoms with Crippen molar-refractivity contribution in [2.75, 3.05) is 39.4 Å². The summed E-state index contributed by atoms with van der Waals surface area (Å²) in [5, 5.41) is 6.29. The second-order valence-electron chi connectivity index (χ2n) is 5.80. The Morgan fingerprint density at radius 2 is 1.81 bits per heavy atom. The van der Waals surface area contributed by atoms with Gasteiger partial charge in [-0.3, -0.25) is 4.99 Å². The molecule has 0 amide bonds. The first-order valence-electron chi connectivity index (χ1n) is 9.16. The Kier molecular flexibility index (Phi) is 10.9. The molecule has 1 aromatic carbocycles. The molecule has 0 saturated heterocycles. The third-order valence-corrected chi connectivity index (χ3v) is 5.03. The number of hydrogen-bond donors (Lipinski definition) is 3. The molecule has 0 bridgehead atoms. The van der Waals surface area contributed by atoms with Gasteiger partial charge in [0.25, 0.3) is 0 Å². The summed E-state index contributed by atoms with van der Waals surface area (Å²) in [5.74, 6) is 0.693. The van der Waals surface area contributed by atoms with E-state index >= 15 is 0 Å². The van der Waals surface area contributed by atoms with Gasteiger partial charge in [-0.05, 0) is 45.7 Å². The maximum Gasteiger partial charge on any atom is 0.240 e. The summed E-state index contributed by atoms with van der Waals surface area (Å²) in [7, 11) is -3.48. The van der Waals surface area contributed by atoms with Crippen LogP contribution in [-0.4, -0.2) is 53.8 Å². The van der Waals surface area contributed by atoms with Crippen LogP contribution >= 0.6 is 0 Å². The number of aryl methyl sites for hydroxylation is 1. The van der Waals surface area contributed by atoms with Crippen molar-refractivity contribution in [1.82, 2.24) is 15.4 Å². The lowest BCUT2D eigenvalue weighted by molar-refractivity contribution is 0.144. The van der Waals surface area contributed by atoms with Crippen molar-refractivity contribution >= 4 is 16.0 Å². The van der Waals surface area contributed by atoms with E-state index in [-0.39, 0.29) is 11.4 Å². The van der Waals surface area contributed by atoms with E-state index in [4.69, 9.17) is 4.74 Å². The Balaban J connectivity index is 2.36. The fourth-order valence-electron chi connectivity index (χ4n) is 2.16. The van der Waals surface area contributed by atoms with Crippen molar-refractivity contribution in [1.29, 1.82) is 0 Å². The first-order chi connectivity index (χ1) is 12.5. The molecule has 1 aromatic rings. The molecule has 0 fully saturated rings. The Hall–Kier alpha value is -1.64. The fourth-order valence-corrected chi connectivity index (χ4v) is 3.19. The van der Waals surface area contributed by atoms with Crippen LogP contribution in [0.5, 0.6) is 0 Å². The number of sulfonamides is 1. The molecule has 148 valence electrons. The van der Waals surface area contributed by atoms with Crippen LogP contribution in [0, 0.1) is 6.92 Å². The summed E-state index contributed by atoms with van der Waals surface area (Å²) in [6, 6.07) is 6.79. The van der Waals surface area contributed by atoms with E-state index in [1.54, 1.807) is 24.3 Å². The molecule has 0 aromatic heterocycles. The summed E-state index contributed by atoms with van der Waals surface area (Å²) in [5.41, 5.74) is 1.03. The van der Waals surface area contributed by atoms with Crippen molar-refractivity contribution in [2.45, 2.75) is 38.5 Å². The normalized spacial score (nSPS) is 12.2. The predicted octanol–water partition coefficient (Wildman–Crippen LogP) is 1.65. The minimum atomic E-state index is -3.48. The average Bonchev–Trinajstić information content (AvgIpc) is 2.62. The van der Waals surface area contributed by atoms with Gasteiger partial charge < -0.3 is 15.4 Å². The highest BCUT2D eigenvalue weighted by atomic mass is 32.2. The number of benzene rings is 1. The number of nitrogens with zero attached hydrogens (tertiary/aromatic N) is 1. The number of nitrogens with one attached hydrogen (secondary N) is 3. The number of hydrogen-bond acceptors (Lipinski definition) is 4. The molecule has 0 saturated carbocycles. The number of unbranched alkanes of at least 4 members (excludes halogenated alkanes) is 1. The van der Waals surface area contributed by atoms with Gasteiger partial charge >= 0.3 is 0 Å². The molecule has 0 heterocycles. The molecule has 0 aliphatic carbocycles. The number of ether oxygens (including phenoxy) is 1. The Bertz CT molecular complexity index is 630.